The Morgan fingerprint density at radius 2 is 2.32 bits per heavy atom. The van der Waals surface area contributed by atoms with Gasteiger partial charge in [-0.3, -0.25) is 4.99 Å². The van der Waals surface area contributed by atoms with Crippen LogP contribution in [0.25, 0.3) is 0 Å². The average Bonchev–Trinajstić information content (AvgIpc) is 2.91. The molecule has 1 aromatic heterocycles. The molecule has 1 aliphatic rings. The van der Waals surface area contributed by atoms with Crippen molar-refractivity contribution < 1.29 is 9.29 Å². The Morgan fingerprint density at radius 3 is 3.04 bits per heavy atom. The molecule has 2 unspecified atom stereocenters. The minimum atomic E-state index is -1.48. The van der Waals surface area contributed by atoms with Crippen LogP contribution in [0.3, 0.4) is 0 Å². The molecule has 3 N–H and O–H groups in total. The Labute approximate surface area is 150 Å². The van der Waals surface area contributed by atoms with Gasteiger partial charge in [-0.25, -0.2) is 0 Å². The topological polar surface area (TPSA) is 103 Å². The molecule has 1 aliphatic carbocycles. The maximum atomic E-state index is 11.1. The fraction of sp³-hybridized carbons (Fsp3) is 0.529. The van der Waals surface area contributed by atoms with Gasteiger partial charge in [0.25, 0.3) is 0 Å². The molecule has 0 aliphatic heterocycles. The molecular formula is C17H25N5O2S. The van der Waals surface area contributed by atoms with E-state index in [4.69, 9.17) is 10.5 Å². The van der Waals surface area contributed by atoms with Crippen LogP contribution in [0.2, 0.25) is 0 Å². The predicted octanol–water partition coefficient (Wildman–Crippen LogP) is 2.03. The highest BCUT2D eigenvalue weighted by molar-refractivity contribution is 7.13. The van der Waals surface area contributed by atoms with Gasteiger partial charge in [-0.1, -0.05) is 6.07 Å². The molecule has 2 aromatic rings. The van der Waals surface area contributed by atoms with Crippen LogP contribution in [0, 0.1) is 0 Å². The largest absolute Gasteiger partial charge is 0.548 e. The first-order valence-corrected chi connectivity index (χ1v) is 9.65. The first-order chi connectivity index (χ1) is 12.0. The second-order valence-corrected chi connectivity index (χ2v) is 7.38. The van der Waals surface area contributed by atoms with Crippen LogP contribution in [0.5, 0.6) is 5.75 Å². The molecular weight excluding hydrogens is 338 g/mol. The average molecular weight is 363 g/mol. The molecule has 0 radical (unpaired) electrons. The zero-order chi connectivity index (χ0) is 17.8. The first kappa shape index (κ1) is 17.9. The second kappa shape index (κ2) is 7.99. The maximum absolute atomic E-state index is 11.1. The number of aromatic amines is 1. The minimum Gasteiger partial charge on any atom is -0.548 e. The lowest BCUT2D eigenvalue weighted by Crippen LogP contribution is -2.24. The van der Waals surface area contributed by atoms with Crippen LogP contribution in [-0.4, -0.2) is 45.4 Å². The summed E-state index contributed by atoms with van der Waals surface area (Å²) in [5.74, 6) is 1.11. The monoisotopic (exact) mass is 363 g/mol. The molecule has 2 atom stereocenters. The second-order valence-electron chi connectivity index (χ2n) is 6.49. The van der Waals surface area contributed by atoms with Gasteiger partial charge >= 0.3 is 0 Å². The van der Waals surface area contributed by atoms with Gasteiger partial charge in [-0.15, -0.1) is 4.37 Å². The van der Waals surface area contributed by atoms with E-state index in [9.17, 15) is 4.55 Å². The Bertz CT molecular complexity index is 784. The van der Waals surface area contributed by atoms with E-state index in [1.54, 1.807) is 0 Å². The number of ether oxygens (including phenoxy) is 1. The zero-order valence-corrected chi connectivity index (χ0v) is 15.5. The van der Waals surface area contributed by atoms with Crippen LogP contribution >= 0.6 is 11.1 Å². The van der Waals surface area contributed by atoms with Crippen molar-refractivity contribution in [3.63, 3.8) is 0 Å². The van der Waals surface area contributed by atoms with Gasteiger partial charge in [0.15, 0.2) is 11.1 Å². The van der Waals surface area contributed by atoms with Crippen LogP contribution < -0.4 is 16.0 Å². The number of hydrogen-bond acceptors (Lipinski definition) is 6. The standard InChI is InChI=1S/C17H25N5O2S/c1-22(2)15-6-3-5-12-11-13(7-8-14(12)15)24-10-4-9-19-17-16(18)20-25(23)21-17/h7-8,11,15H,3-6,9-10H2,1-2H3,(H2,18,20)(H,19,21). The Morgan fingerprint density at radius 1 is 1.48 bits per heavy atom. The van der Waals surface area contributed by atoms with Crippen molar-refractivity contribution in [3.8, 4) is 5.75 Å². The number of aromatic nitrogens is 2. The third-order valence-corrected chi connectivity index (χ3v) is 5.20. The van der Waals surface area contributed by atoms with Crippen molar-refractivity contribution >= 4 is 17.0 Å². The molecule has 25 heavy (non-hydrogen) atoms. The Balaban J connectivity index is 1.54. The highest BCUT2D eigenvalue weighted by atomic mass is 32.2. The van der Waals surface area contributed by atoms with E-state index in [1.165, 1.54) is 24.0 Å². The molecule has 136 valence electrons. The van der Waals surface area contributed by atoms with Crippen molar-refractivity contribution in [1.82, 2.24) is 13.6 Å². The number of nitrogens with one attached hydrogen (secondary N) is 1. The molecule has 0 saturated heterocycles. The van der Waals surface area contributed by atoms with Gasteiger partial charge in [0.1, 0.15) is 5.75 Å². The number of anilines is 1. The van der Waals surface area contributed by atoms with Crippen LogP contribution in [0.15, 0.2) is 23.2 Å². The lowest BCUT2D eigenvalue weighted by molar-refractivity contribution is 0.267. The highest BCUT2D eigenvalue weighted by Crippen LogP contribution is 2.34. The van der Waals surface area contributed by atoms with Gasteiger partial charge in [0.2, 0.25) is 11.3 Å². The smallest absolute Gasteiger partial charge is 0.229 e. The number of fused-ring (bicyclic) bond motifs is 1. The summed E-state index contributed by atoms with van der Waals surface area (Å²) in [5.41, 5.74) is 8.82. The van der Waals surface area contributed by atoms with Crippen molar-refractivity contribution in [1.29, 1.82) is 0 Å². The van der Waals surface area contributed by atoms with Crippen molar-refractivity contribution in [2.24, 2.45) is 4.99 Å². The quantitative estimate of drug-likeness (QED) is 0.604. The number of hydrogen-bond donors (Lipinski definition) is 2. The van der Waals surface area contributed by atoms with Gasteiger partial charge in [-0.05, 0) is 56.6 Å². The number of aryl methyl sites for hydroxylation is 1. The highest BCUT2D eigenvalue weighted by Gasteiger charge is 2.22. The molecule has 7 nitrogen and oxygen atoms in total. The lowest BCUT2D eigenvalue weighted by Gasteiger charge is -2.31. The molecule has 0 fully saturated rings. The summed E-state index contributed by atoms with van der Waals surface area (Å²) in [6.45, 7) is 1.12. The lowest BCUT2D eigenvalue weighted by atomic mass is 9.87. The van der Waals surface area contributed by atoms with Gasteiger partial charge in [0.05, 0.1) is 6.61 Å². The summed E-state index contributed by atoms with van der Waals surface area (Å²) in [7, 11) is 4.27. The van der Waals surface area contributed by atoms with E-state index in [2.05, 4.69) is 50.9 Å². The van der Waals surface area contributed by atoms with E-state index in [0.29, 0.717) is 24.7 Å². The number of rotatable bonds is 6. The summed E-state index contributed by atoms with van der Waals surface area (Å²) in [6, 6.07) is 6.93. The number of nitrogens with two attached hydrogens (primary N) is 1. The van der Waals surface area contributed by atoms with Gasteiger partial charge in [0, 0.05) is 23.4 Å². The number of nitrogens with zero attached hydrogens (tertiary/aromatic N) is 3. The fourth-order valence-corrected chi connectivity index (χ4v) is 3.89. The SMILES string of the molecule is CN(C)C1CCCc2cc(OCCCN=c3[nH][s+]([O-])nc3N)ccc21. The third kappa shape index (κ3) is 4.39. The minimum absolute atomic E-state index is 0.199. The van der Waals surface area contributed by atoms with Gasteiger partial charge in [-0.2, -0.15) is 0 Å². The van der Waals surface area contributed by atoms with E-state index >= 15 is 0 Å². The summed E-state index contributed by atoms with van der Waals surface area (Å²) in [6.07, 6.45) is 4.30. The number of H-pyrrole nitrogens is 1. The first-order valence-electron chi connectivity index (χ1n) is 8.54. The Hall–Kier alpha value is -1.90. The summed E-state index contributed by atoms with van der Waals surface area (Å²) >= 11 is -1.48. The summed E-state index contributed by atoms with van der Waals surface area (Å²) < 4.78 is 23.3. The molecule has 3 rings (SSSR count). The summed E-state index contributed by atoms with van der Waals surface area (Å²) in [4.78, 5) is 6.55. The molecule has 0 amide bonds. The normalized spacial score (nSPS) is 18.5. The van der Waals surface area contributed by atoms with E-state index in [1.807, 2.05) is 0 Å². The molecule has 1 aromatic carbocycles. The van der Waals surface area contributed by atoms with Crippen LogP contribution in [-0.2, 0) is 6.42 Å². The van der Waals surface area contributed by atoms with E-state index < -0.39 is 11.1 Å². The van der Waals surface area contributed by atoms with Crippen LogP contribution in [0.1, 0.15) is 36.4 Å². The molecule has 1 heterocycles. The zero-order valence-electron chi connectivity index (χ0n) is 14.7. The number of nitrogen functional groups attached to an aromatic ring is 1. The Kier molecular flexibility index (Phi) is 5.72. The molecule has 0 saturated carbocycles. The van der Waals surface area contributed by atoms with Gasteiger partial charge < -0.3 is 19.9 Å². The molecule has 0 bridgehead atoms. The number of benzene rings is 1. The van der Waals surface area contributed by atoms with E-state index in [-0.39, 0.29) is 5.82 Å². The van der Waals surface area contributed by atoms with Crippen molar-refractivity contribution in [2.75, 3.05) is 33.0 Å². The van der Waals surface area contributed by atoms with Crippen molar-refractivity contribution in [2.45, 2.75) is 31.7 Å². The molecule has 8 heteroatoms. The van der Waals surface area contributed by atoms with E-state index in [0.717, 1.165) is 18.6 Å². The fourth-order valence-electron chi connectivity index (χ4n) is 3.24. The van der Waals surface area contributed by atoms with Crippen LogP contribution in [0.4, 0.5) is 5.82 Å². The third-order valence-electron chi connectivity index (χ3n) is 4.47. The predicted molar refractivity (Wildman–Crippen MR) is 98.0 cm³/mol. The van der Waals surface area contributed by atoms with Crippen molar-refractivity contribution in [3.05, 3.63) is 34.8 Å². The maximum Gasteiger partial charge on any atom is 0.229 e. The summed E-state index contributed by atoms with van der Waals surface area (Å²) in [5, 5.41) is 0. The molecule has 0 spiro atoms.